The molecule has 82 valence electrons. The highest BCUT2D eigenvalue weighted by Crippen LogP contribution is 2.37. The predicted octanol–water partition coefficient (Wildman–Crippen LogP) is 2.82. The van der Waals surface area contributed by atoms with Crippen molar-refractivity contribution >= 4 is 22.0 Å². The Labute approximate surface area is 97.5 Å². The van der Waals surface area contributed by atoms with E-state index < -0.39 is 0 Å². The van der Waals surface area contributed by atoms with Gasteiger partial charge in [0.2, 0.25) is 5.75 Å². The van der Waals surface area contributed by atoms with Gasteiger partial charge in [0, 0.05) is 5.33 Å². The predicted molar refractivity (Wildman–Crippen MR) is 64.0 cm³/mol. The number of phenolic OH excluding ortho intramolecular Hbond substituents is 1. The summed E-state index contributed by atoms with van der Waals surface area (Å²) in [5.41, 5.74) is 0.918. The molecule has 0 bridgehead atoms. The summed E-state index contributed by atoms with van der Waals surface area (Å²) < 4.78 is 10.1. The van der Waals surface area contributed by atoms with Crippen LogP contribution in [0.3, 0.4) is 0 Å². The molecular formula is C11H13BrO3. The number of methoxy groups -OCH3 is 2. The lowest BCUT2D eigenvalue weighted by Gasteiger charge is -2.09. The van der Waals surface area contributed by atoms with E-state index >= 15 is 0 Å². The minimum atomic E-state index is 0.0241. The molecule has 1 aromatic carbocycles. The largest absolute Gasteiger partial charge is 0.502 e. The van der Waals surface area contributed by atoms with Gasteiger partial charge >= 0.3 is 0 Å². The first kappa shape index (κ1) is 11.9. The topological polar surface area (TPSA) is 38.7 Å². The lowest BCUT2D eigenvalue weighted by molar-refractivity contribution is 0.340. The van der Waals surface area contributed by atoms with Crippen molar-refractivity contribution in [1.82, 2.24) is 0 Å². The summed E-state index contributed by atoms with van der Waals surface area (Å²) in [5, 5.41) is 10.4. The van der Waals surface area contributed by atoms with Crippen LogP contribution in [0.4, 0.5) is 0 Å². The van der Waals surface area contributed by atoms with Crippen LogP contribution in [-0.4, -0.2) is 24.7 Å². The Balaban J connectivity index is 3.14. The first-order valence-electron chi connectivity index (χ1n) is 4.40. The zero-order valence-corrected chi connectivity index (χ0v) is 10.2. The number of ether oxygens (including phenoxy) is 2. The molecule has 1 aromatic rings. The van der Waals surface area contributed by atoms with E-state index in [0.29, 0.717) is 11.5 Å². The molecule has 0 fully saturated rings. The SMILES string of the molecule is COc1cc(C=CCBr)cc(OC)c1O. The highest BCUT2D eigenvalue weighted by atomic mass is 79.9. The Morgan fingerprint density at radius 2 is 1.80 bits per heavy atom. The van der Waals surface area contributed by atoms with Gasteiger partial charge in [-0.3, -0.25) is 0 Å². The number of benzene rings is 1. The molecule has 0 aromatic heterocycles. The number of allylic oxidation sites excluding steroid dienone is 1. The number of phenols is 1. The van der Waals surface area contributed by atoms with Crippen LogP contribution in [0.2, 0.25) is 0 Å². The highest BCUT2D eigenvalue weighted by Gasteiger charge is 2.09. The van der Waals surface area contributed by atoms with E-state index in [9.17, 15) is 5.11 Å². The van der Waals surface area contributed by atoms with Crippen LogP contribution in [0.15, 0.2) is 18.2 Å². The number of hydrogen-bond acceptors (Lipinski definition) is 3. The lowest BCUT2D eigenvalue weighted by Crippen LogP contribution is -1.90. The number of halogens is 1. The molecule has 0 saturated carbocycles. The average molecular weight is 273 g/mol. The Morgan fingerprint density at radius 3 is 2.20 bits per heavy atom. The highest BCUT2D eigenvalue weighted by molar-refractivity contribution is 9.09. The normalized spacial score (nSPS) is 10.6. The van der Waals surface area contributed by atoms with Crippen molar-refractivity contribution in [2.75, 3.05) is 19.5 Å². The summed E-state index contributed by atoms with van der Waals surface area (Å²) in [4.78, 5) is 0. The van der Waals surface area contributed by atoms with Gasteiger partial charge in [0.15, 0.2) is 11.5 Å². The molecule has 1 N–H and O–H groups in total. The Bertz CT molecular complexity index is 336. The van der Waals surface area contributed by atoms with Crippen LogP contribution in [-0.2, 0) is 0 Å². The first-order chi connectivity index (χ1) is 7.22. The molecule has 0 spiro atoms. The van der Waals surface area contributed by atoms with Crippen molar-refractivity contribution in [3.05, 3.63) is 23.8 Å². The third kappa shape index (κ3) is 2.89. The second kappa shape index (κ2) is 5.66. The van der Waals surface area contributed by atoms with Crippen LogP contribution in [0, 0.1) is 0 Å². The fraction of sp³-hybridized carbons (Fsp3) is 0.273. The molecule has 1 rings (SSSR count). The molecule has 15 heavy (non-hydrogen) atoms. The molecule has 4 heteroatoms. The van der Waals surface area contributed by atoms with Gasteiger partial charge in [-0.2, -0.15) is 0 Å². The summed E-state index contributed by atoms with van der Waals surface area (Å²) in [6, 6.07) is 3.49. The van der Waals surface area contributed by atoms with Crippen molar-refractivity contribution in [3.8, 4) is 17.2 Å². The Hall–Kier alpha value is -1.16. The van der Waals surface area contributed by atoms with Crippen LogP contribution in [0.1, 0.15) is 5.56 Å². The van der Waals surface area contributed by atoms with Gasteiger partial charge in [-0.25, -0.2) is 0 Å². The Kier molecular flexibility index (Phi) is 4.49. The van der Waals surface area contributed by atoms with Gasteiger partial charge in [-0.05, 0) is 17.7 Å². The number of alkyl halides is 1. The van der Waals surface area contributed by atoms with E-state index in [0.717, 1.165) is 10.9 Å². The molecule has 0 radical (unpaired) electrons. The summed E-state index contributed by atoms with van der Waals surface area (Å²) in [5.74, 6) is 0.836. The van der Waals surface area contributed by atoms with E-state index in [1.165, 1.54) is 14.2 Å². The van der Waals surface area contributed by atoms with Gasteiger partial charge in [-0.1, -0.05) is 28.1 Å². The van der Waals surface area contributed by atoms with E-state index in [1.807, 2.05) is 12.2 Å². The van der Waals surface area contributed by atoms with E-state index in [-0.39, 0.29) is 5.75 Å². The van der Waals surface area contributed by atoms with E-state index in [2.05, 4.69) is 15.9 Å². The summed E-state index contributed by atoms with van der Waals surface area (Å²) >= 11 is 3.29. The molecule has 0 amide bonds. The molecule has 3 nitrogen and oxygen atoms in total. The Morgan fingerprint density at radius 1 is 1.27 bits per heavy atom. The van der Waals surface area contributed by atoms with Crippen LogP contribution in [0.5, 0.6) is 17.2 Å². The maximum atomic E-state index is 9.66. The fourth-order valence-electron chi connectivity index (χ4n) is 1.19. The molecular weight excluding hydrogens is 260 g/mol. The van der Waals surface area contributed by atoms with Crippen LogP contribution >= 0.6 is 15.9 Å². The van der Waals surface area contributed by atoms with Crippen molar-refractivity contribution in [1.29, 1.82) is 0 Å². The second-order valence-electron chi connectivity index (χ2n) is 2.83. The van der Waals surface area contributed by atoms with Gasteiger partial charge < -0.3 is 14.6 Å². The van der Waals surface area contributed by atoms with Gasteiger partial charge in [0.05, 0.1) is 14.2 Å². The summed E-state index contributed by atoms with van der Waals surface area (Å²) in [6.07, 6.45) is 3.87. The van der Waals surface area contributed by atoms with Crippen molar-refractivity contribution < 1.29 is 14.6 Å². The summed E-state index contributed by atoms with van der Waals surface area (Å²) in [6.45, 7) is 0. The molecule has 0 heterocycles. The molecule has 0 aliphatic carbocycles. The second-order valence-corrected chi connectivity index (χ2v) is 3.48. The molecule has 0 aliphatic rings. The van der Waals surface area contributed by atoms with Crippen molar-refractivity contribution in [2.24, 2.45) is 0 Å². The molecule has 0 atom stereocenters. The minimum Gasteiger partial charge on any atom is -0.502 e. The maximum absolute atomic E-state index is 9.66. The van der Waals surface area contributed by atoms with Gasteiger partial charge in [0.25, 0.3) is 0 Å². The third-order valence-electron chi connectivity index (χ3n) is 1.90. The third-order valence-corrected chi connectivity index (χ3v) is 2.28. The average Bonchev–Trinajstić information content (AvgIpc) is 2.27. The van der Waals surface area contributed by atoms with Crippen LogP contribution in [0.25, 0.3) is 6.08 Å². The zero-order chi connectivity index (χ0) is 11.3. The smallest absolute Gasteiger partial charge is 0.200 e. The van der Waals surface area contributed by atoms with Crippen LogP contribution < -0.4 is 9.47 Å². The van der Waals surface area contributed by atoms with Gasteiger partial charge in [-0.15, -0.1) is 0 Å². The van der Waals surface area contributed by atoms with E-state index in [4.69, 9.17) is 9.47 Å². The van der Waals surface area contributed by atoms with Crippen molar-refractivity contribution in [3.63, 3.8) is 0 Å². The standard InChI is InChI=1S/C11H13BrO3/c1-14-9-6-8(4-3-5-12)7-10(15-2)11(9)13/h3-4,6-7,13H,5H2,1-2H3. The minimum absolute atomic E-state index is 0.0241. The summed E-state index contributed by atoms with van der Waals surface area (Å²) in [7, 11) is 3.01. The quantitative estimate of drug-likeness (QED) is 0.857. The maximum Gasteiger partial charge on any atom is 0.200 e. The number of aromatic hydroxyl groups is 1. The fourth-order valence-corrected chi connectivity index (χ4v) is 1.38. The molecule has 0 saturated heterocycles. The number of rotatable bonds is 4. The number of hydrogen-bond donors (Lipinski definition) is 1. The molecule has 0 unspecified atom stereocenters. The van der Waals surface area contributed by atoms with E-state index in [1.54, 1.807) is 12.1 Å². The zero-order valence-electron chi connectivity index (χ0n) is 8.66. The molecule has 0 aliphatic heterocycles. The lowest BCUT2D eigenvalue weighted by atomic mass is 10.1. The van der Waals surface area contributed by atoms with Crippen molar-refractivity contribution in [2.45, 2.75) is 0 Å². The monoisotopic (exact) mass is 272 g/mol. The van der Waals surface area contributed by atoms with Gasteiger partial charge in [0.1, 0.15) is 0 Å². The first-order valence-corrected chi connectivity index (χ1v) is 5.52.